The summed E-state index contributed by atoms with van der Waals surface area (Å²) in [4.78, 5) is 6.28. The molecule has 1 aliphatic rings. The van der Waals surface area contributed by atoms with Crippen LogP contribution in [0.2, 0.25) is 0 Å². The number of hydrogen-bond donors (Lipinski definition) is 0. The molecule has 4 aromatic rings. The van der Waals surface area contributed by atoms with E-state index in [1.165, 1.54) is 27.1 Å². The third-order valence-corrected chi connectivity index (χ3v) is 5.11. The maximum atomic E-state index is 4.88. The average molecular weight is 288 g/mol. The van der Waals surface area contributed by atoms with E-state index >= 15 is 0 Å². The number of para-hydroxylation sites is 1. The Morgan fingerprint density at radius 1 is 0.952 bits per heavy atom. The number of thiophene rings is 1. The molecule has 2 aromatic heterocycles. The first-order chi connectivity index (χ1) is 10.4. The van der Waals surface area contributed by atoms with Gasteiger partial charge in [0.15, 0.2) is 0 Å². The highest BCUT2D eigenvalue weighted by molar-refractivity contribution is 7.13. The molecule has 5 rings (SSSR count). The zero-order valence-corrected chi connectivity index (χ0v) is 12.1. The molecule has 0 spiro atoms. The summed E-state index contributed by atoms with van der Waals surface area (Å²) in [6.45, 7) is 0.913. The van der Waals surface area contributed by atoms with Crippen molar-refractivity contribution in [2.45, 2.75) is 6.54 Å². The van der Waals surface area contributed by atoms with Crippen LogP contribution in [0.25, 0.3) is 32.9 Å². The van der Waals surface area contributed by atoms with Gasteiger partial charge in [-0.1, -0.05) is 42.5 Å². The second kappa shape index (κ2) is 4.06. The van der Waals surface area contributed by atoms with Gasteiger partial charge < -0.3 is 4.57 Å². The molecule has 21 heavy (non-hydrogen) atoms. The predicted octanol–water partition coefficient (Wildman–Crippen LogP) is 4.79. The molecular formula is C18H12N2S. The van der Waals surface area contributed by atoms with Crippen LogP contribution in [-0.4, -0.2) is 9.55 Å². The van der Waals surface area contributed by atoms with Gasteiger partial charge in [0.2, 0.25) is 0 Å². The van der Waals surface area contributed by atoms with E-state index in [2.05, 4.69) is 58.5 Å². The SMILES string of the molecule is c1ccc(-c2nc3cccc4c3n2Cc2ccsc2-4)cc1. The molecule has 3 heteroatoms. The first kappa shape index (κ1) is 11.3. The highest BCUT2D eigenvalue weighted by Crippen LogP contribution is 2.41. The van der Waals surface area contributed by atoms with Gasteiger partial charge in [0.1, 0.15) is 5.82 Å². The molecule has 3 heterocycles. The molecule has 0 amide bonds. The number of hydrogen-bond acceptors (Lipinski definition) is 2. The number of imidazole rings is 1. The van der Waals surface area contributed by atoms with E-state index in [0.717, 1.165) is 17.9 Å². The van der Waals surface area contributed by atoms with Crippen molar-refractivity contribution in [2.75, 3.05) is 0 Å². The number of benzene rings is 2. The van der Waals surface area contributed by atoms with Crippen molar-refractivity contribution in [2.24, 2.45) is 0 Å². The van der Waals surface area contributed by atoms with E-state index < -0.39 is 0 Å². The number of rotatable bonds is 1. The summed E-state index contributed by atoms with van der Waals surface area (Å²) in [5, 5.41) is 2.19. The Labute approximate surface area is 126 Å². The van der Waals surface area contributed by atoms with Crippen LogP contribution >= 0.6 is 11.3 Å². The van der Waals surface area contributed by atoms with Gasteiger partial charge in [0.25, 0.3) is 0 Å². The Kier molecular flexibility index (Phi) is 2.18. The number of fused-ring (bicyclic) bond motifs is 2. The highest BCUT2D eigenvalue weighted by Gasteiger charge is 2.23. The topological polar surface area (TPSA) is 17.8 Å². The molecule has 0 N–H and O–H groups in total. The first-order valence-corrected chi connectivity index (χ1v) is 7.91. The molecule has 100 valence electrons. The normalized spacial score (nSPS) is 12.6. The summed E-state index contributed by atoms with van der Waals surface area (Å²) in [5.41, 5.74) is 6.25. The lowest BCUT2D eigenvalue weighted by molar-refractivity contribution is 0.831. The highest BCUT2D eigenvalue weighted by atomic mass is 32.1. The zero-order valence-electron chi connectivity index (χ0n) is 11.3. The van der Waals surface area contributed by atoms with Crippen molar-refractivity contribution in [1.82, 2.24) is 9.55 Å². The fraction of sp³-hybridized carbons (Fsp3) is 0.0556. The molecule has 0 aliphatic carbocycles. The van der Waals surface area contributed by atoms with E-state index in [1.807, 2.05) is 17.4 Å². The Balaban J connectivity index is 1.90. The van der Waals surface area contributed by atoms with Crippen LogP contribution in [0.4, 0.5) is 0 Å². The Bertz CT molecular complexity index is 963. The van der Waals surface area contributed by atoms with Crippen molar-refractivity contribution < 1.29 is 0 Å². The third-order valence-electron chi connectivity index (χ3n) is 4.12. The molecule has 1 aliphatic heterocycles. The second-order valence-electron chi connectivity index (χ2n) is 5.34. The minimum atomic E-state index is 0.913. The minimum absolute atomic E-state index is 0.913. The zero-order chi connectivity index (χ0) is 13.8. The molecule has 0 radical (unpaired) electrons. The van der Waals surface area contributed by atoms with Crippen LogP contribution in [0.1, 0.15) is 5.56 Å². The Morgan fingerprint density at radius 3 is 2.76 bits per heavy atom. The van der Waals surface area contributed by atoms with Crippen LogP contribution in [0.3, 0.4) is 0 Å². The molecule has 2 nitrogen and oxygen atoms in total. The minimum Gasteiger partial charge on any atom is -0.319 e. The predicted molar refractivity (Wildman–Crippen MR) is 87.6 cm³/mol. The summed E-state index contributed by atoms with van der Waals surface area (Å²) < 4.78 is 2.36. The lowest BCUT2D eigenvalue weighted by Crippen LogP contribution is -2.06. The van der Waals surface area contributed by atoms with Crippen molar-refractivity contribution in [3.8, 4) is 21.8 Å². The van der Waals surface area contributed by atoms with E-state index in [-0.39, 0.29) is 0 Å². The van der Waals surface area contributed by atoms with E-state index in [9.17, 15) is 0 Å². The van der Waals surface area contributed by atoms with Gasteiger partial charge in [-0.25, -0.2) is 4.98 Å². The van der Waals surface area contributed by atoms with Gasteiger partial charge in [0, 0.05) is 16.0 Å². The van der Waals surface area contributed by atoms with Gasteiger partial charge in [-0.3, -0.25) is 0 Å². The summed E-state index contributed by atoms with van der Waals surface area (Å²) in [6, 6.07) is 19.1. The van der Waals surface area contributed by atoms with Crippen LogP contribution in [0.15, 0.2) is 60.0 Å². The van der Waals surface area contributed by atoms with Gasteiger partial charge in [-0.15, -0.1) is 11.3 Å². The fourth-order valence-corrected chi connectivity index (χ4v) is 4.14. The molecule has 0 atom stereocenters. The van der Waals surface area contributed by atoms with Gasteiger partial charge in [-0.05, 0) is 23.1 Å². The quantitative estimate of drug-likeness (QED) is 0.433. The number of aromatic nitrogens is 2. The third kappa shape index (κ3) is 1.49. The Hall–Kier alpha value is -2.39. The summed E-state index contributed by atoms with van der Waals surface area (Å²) in [7, 11) is 0. The largest absolute Gasteiger partial charge is 0.319 e. The summed E-state index contributed by atoms with van der Waals surface area (Å²) in [6.07, 6.45) is 0. The maximum Gasteiger partial charge on any atom is 0.141 e. The van der Waals surface area contributed by atoms with Crippen LogP contribution in [0.5, 0.6) is 0 Å². The summed E-state index contributed by atoms with van der Waals surface area (Å²) >= 11 is 1.83. The van der Waals surface area contributed by atoms with E-state index in [0.29, 0.717) is 0 Å². The molecular weight excluding hydrogens is 276 g/mol. The van der Waals surface area contributed by atoms with E-state index in [1.54, 1.807) is 0 Å². The molecule has 0 bridgehead atoms. The lowest BCUT2D eigenvalue weighted by atomic mass is 10.0. The average Bonchev–Trinajstić information content (AvgIpc) is 3.15. The molecule has 0 saturated heterocycles. The first-order valence-electron chi connectivity index (χ1n) is 7.03. The van der Waals surface area contributed by atoms with Crippen molar-refractivity contribution >= 4 is 22.4 Å². The number of nitrogens with zero attached hydrogens (tertiary/aromatic N) is 2. The standard InChI is InChI=1S/C18H12N2S/c1-2-5-12(6-3-1)18-19-15-8-4-7-14-16(15)20(18)11-13-9-10-21-17(13)14/h1-10H,11H2. The summed E-state index contributed by atoms with van der Waals surface area (Å²) in [5.74, 6) is 1.06. The van der Waals surface area contributed by atoms with Crippen LogP contribution < -0.4 is 0 Å². The van der Waals surface area contributed by atoms with Gasteiger partial charge in [-0.2, -0.15) is 0 Å². The van der Waals surface area contributed by atoms with Crippen molar-refractivity contribution in [3.63, 3.8) is 0 Å². The van der Waals surface area contributed by atoms with E-state index in [4.69, 9.17) is 4.98 Å². The smallest absolute Gasteiger partial charge is 0.141 e. The van der Waals surface area contributed by atoms with Gasteiger partial charge in [0.05, 0.1) is 17.6 Å². The van der Waals surface area contributed by atoms with Crippen LogP contribution in [-0.2, 0) is 6.54 Å². The fourth-order valence-electron chi connectivity index (χ4n) is 3.20. The maximum absolute atomic E-state index is 4.88. The second-order valence-corrected chi connectivity index (χ2v) is 6.25. The molecule has 0 unspecified atom stereocenters. The monoisotopic (exact) mass is 288 g/mol. The Morgan fingerprint density at radius 2 is 1.86 bits per heavy atom. The lowest BCUT2D eigenvalue weighted by Gasteiger charge is -2.17. The van der Waals surface area contributed by atoms with Crippen molar-refractivity contribution in [3.05, 3.63) is 65.5 Å². The molecule has 0 fully saturated rings. The van der Waals surface area contributed by atoms with Crippen LogP contribution in [0, 0.1) is 0 Å². The van der Waals surface area contributed by atoms with Crippen molar-refractivity contribution in [1.29, 1.82) is 0 Å². The molecule has 0 saturated carbocycles. The van der Waals surface area contributed by atoms with Gasteiger partial charge >= 0.3 is 0 Å². The molecule has 2 aromatic carbocycles.